The Bertz CT molecular complexity index is 659. The van der Waals surface area contributed by atoms with Crippen molar-refractivity contribution >= 4 is 40.0 Å². The molecule has 2 N–H and O–H groups in total. The largest absolute Gasteiger partial charge is 0.389 e. The topological polar surface area (TPSA) is 56.3 Å². The monoisotopic (exact) mass is 314 g/mol. The summed E-state index contributed by atoms with van der Waals surface area (Å²) in [5, 5.41) is 11.4. The van der Waals surface area contributed by atoms with Gasteiger partial charge in [0.15, 0.2) is 0 Å². The quantitative estimate of drug-likeness (QED) is 0.913. The van der Waals surface area contributed by atoms with E-state index in [1.54, 1.807) is 39.1 Å². The maximum Gasteiger partial charge on any atom is 0.271 e. The molecule has 1 aromatic heterocycles. The van der Waals surface area contributed by atoms with Crippen LogP contribution in [0.1, 0.15) is 24.3 Å². The van der Waals surface area contributed by atoms with E-state index in [-0.39, 0.29) is 12.5 Å². The molecule has 1 amide bonds. The molecule has 0 saturated carbocycles. The molecule has 0 aliphatic rings. The number of aliphatic hydroxyl groups is 1. The lowest BCUT2D eigenvalue weighted by molar-refractivity contribution is 0.0365. The van der Waals surface area contributed by atoms with Crippen molar-refractivity contribution in [3.63, 3.8) is 0 Å². The minimum Gasteiger partial charge on any atom is -0.389 e. The van der Waals surface area contributed by atoms with E-state index in [0.717, 1.165) is 5.52 Å². The number of carbonyl (C=O) groups excluding carboxylic acids is 1. The number of rotatable bonds is 3. The van der Waals surface area contributed by atoms with Gasteiger partial charge in [0.25, 0.3) is 5.91 Å². The normalized spacial score (nSPS) is 11.9. The molecule has 4 nitrogen and oxygen atoms in total. The highest BCUT2D eigenvalue weighted by atomic mass is 35.5. The molecule has 0 spiro atoms. The van der Waals surface area contributed by atoms with Crippen molar-refractivity contribution in [1.29, 1.82) is 0 Å². The molecule has 1 aromatic carbocycles. The fourth-order valence-electron chi connectivity index (χ4n) is 2.12. The van der Waals surface area contributed by atoms with Crippen LogP contribution < -0.4 is 0 Å². The number of aromatic amines is 1. The number of amides is 1. The first-order chi connectivity index (χ1) is 9.19. The molecule has 2 aromatic rings. The summed E-state index contributed by atoms with van der Waals surface area (Å²) < 4.78 is 0. The van der Waals surface area contributed by atoms with E-state index in [0.29, 0.717) is 21.1 Å². The number of nitrogens with one attached hydrogen (secondary N) is 1. The number of nitrogens with zero attached hydrogens (tertiary/aromatic N) is 1. The molecular weight excluding hydrogens is 299 g/mol. The van der Waals surface area contributed by atoms with Gasteiger partial charge in [-0.2, -0.15) is 0 Å². The molecule has 0 unspecified atom stereocenters. The van der Waals surface area contributed by atoms with Crippen LogP contribution in [-0.4, -0.2) is 40.1 Å². The Labute approximate surface area is 127 Å². The first-order valence-electron chi connectivity index (χ1n) is 6.13. The molecule has 0 saturated heterocycles. The Kier molecular flexibility index (Phi) is 4.00. The minimum atomic E-state index is -0.966. The fraction of sp³-hybridized carbons (Fsp3) is 0.357. The Morgan fingerprint density at radius 3 is 2.65 bits per heavy atom. The number of hydrogen-bond donors (Lipinski definition) is 2. The predicted octanol–water partition coefficient (Wildman–Crippen LogP) is 3.32. The van der Waals surface area contributed by atoms with Gasteiger partial charge in [-0.1, -0.05) is 23.2 Å². The summed E-state index contributed by atoms with van der Waals surface area (Å²) in [5.41, 5.74) is 0.0849. The molecule has 6 heteroatoms. The number of carbonyl (C=O) groups is 1. The number of likely N-dealkylation sites (N-methyl/N-ethyl adjacent to an activating group) is 1. The van der Waals surface area contributed by atoms with Gasteiger partial charge < -0.3 is 15.0 Å². The van der Waals surface area contributed by atoms with Crippen LogP contribution in [0.4, 0.5) is 0 Å². The molecule has 0 atom stereocenters. The van der Waals surface area contributed by atoms with Crippen molar-refractivity contribution in [2.45, 2.75) is 19.4 Å². The van der Waals surface area contributed by atoms with E-state index >= 15 is 0 Å². The van der Waals surface area contributed by atoms with Crippen LogP contribution in [0.2, 0.25) is 10.0 Å². The number of hydrogen-bond acceptors (Lipinski definition) is 2. The van der Waals surface area contributed by atoms with Crippen molar-refractivity contribution < 1.29 is 9.90 Å². The molecular formula is C14H16Cl2N2O2. The van der Waals surface area contributed by atoms with Crippen LogP contribution in [0, 0.1) is 0 Å². The summed E-state index contributed by atoms with van der Waals surface area (Å²) in [4.78, 5) is 16.8. The van der Waals surface area contributed by atoms with Gasteiger partial charge in [-0.05, 0) is 32.0 Å². The maximum absolute atomic E-state index is 12.4. The van der Waals surface area contributed by atoms with Crippen molar-refractivity contribution in [2.24, 2.45) is 0 Å². The van der Waals surface area contributed by atoms with Crippen LogP contribution in [0.5, 0.6) is 0 Å². The molecule has 108 valence electrons. The highest BCUT2D eigenvalue weighted by Gasteiger charge is 2.24. The van der Waals surface area contributed by atoms with E-state index < -0.39 is 5.60 Å². The Morgan fingerprint density at radius 2 is 2.05 bits per heavy atom. The number of benzene rings is 1. The third-order valence-electron chi connectivity index (χ3n) is 2.88. The molecule has 20 heavy (non-hydrogen) atoms. The second-order valence-electron chi connectivity index (χ2n) is 5.48. The zero-order valence-electron chi connectivity index (χ0n) is 11.5. The summed E-state index contributed by atoms with van der Waals surface area (Å²) in [6.45, 7) is 3.49. The van der Waals surface area contributed by atoms with E-state index in [1.165, 1.54) is 4.90 Å². The lowest BCUT2D eigenvalue weighted by Crippen LogP contribution is -2.39. The third kappa shape index (κ3) is 3.08. The molecule has 0 aliphatic heterocycles. The third-order valence-corrected chi connectivity index (χ3v) is 3.51. The zero-order valence-corrected chi connectivity index (χ0v) is 13.0. The van der Waals surface area contributed by atoms with Crippen molar-refractivity contribution in [2.75, 3.05) is 13.6 Å². The van der Waals surface area contributed by atoms with Crippen molar-refractivity contribution in [3.8, 4) is 0 Å². The summed E-state index contributed by atoms with van der Waals surface area (Å²) in [7, 11) is 1.62. The van der Waals surface area contributed by atoms with Gasteiger partial charge in [0.1, 0.15) is 5.69 Å². The summed E-state index contributed by atoms with van der Waals surface area (Å²) >= 11 is 12.2. The zero-order chi connectivity index (χ0) is 15.1. The van der Waals surface area contributed by atoms with Crippen molar-refractivity contribution in [3.05, 3.63) is 33.9 Å². The molecule has 1 heterocycles. The van der Waals surface area contributed by atoms with Crippen LogP contribution >= 0.6 is 23.2 Å². The first-order valence-corrected chi connectivity index (χ1v) is 6.89. The number of halogens is 2. The molecule has 0 radical (unpaired) electrons. The molecule has 0 fully saturated rings. The second-order valence-corrected chi connectivity index (χ2v) is 6.29. The highest BCUT2D eigenvalue weighted by Crippen LogP contribution is 2.30. The molecule has 0 bridgehead atoms. The maximum atomic E-state index is 12.4. The van der Waals surface area contributed by atoms with Crippen LogP contribution in [0.15, 0.2) is 18.2 Å². The predicted molar refractivity (Wildman–Crippen MR) is 81.6 cm³/mol. The van der Waals surface area contributed by atoms with Gasteiger partial charge in [0.2, 0.25) is 0 Å². The van der Waals surface area contributed by atoms with Gasteiger partial charge in [-0.3, -0.25) is 4.79 Å². The lowest BCUT2D eigenvalue weighted by atomic mass is 10.1. The average molecular weight is 315 g/mol. The Hall–Kier alpha value is -1.23. The molecule has 0 aliphatic carbocycles. The highest BCUT2D eigenvalue weighted by molar-refractivity contribution is 6.39. The number of aromatic nitrogens is 1. The van der Waals surface area contributed by atoms with Gasteiger partial charge in [0, 0.05) is 29.5 Å². The average Bonchev–Trinajstić information content (AvgIpc) is 2.64. The standard InChI is InChI=1S/C14H16Cl2N2O2/c1-14(2,20)7-18(3)13(19)12-11(16)9-6-8(15)4-5-10(9)17-12/h4-6,17,20H,7H2,1-3H3. The van der Waals surface area contributed by atoms with Crippen LogP contribution in [0.3, 0.4) is 0 Å². The lowest BCUT2D eigenvalue weighted by Gasteiger charge is -2.25. The Morgan fingerprint density at radius 1 is 1.40 bits per heavy atom. The van der Waals surface area contributed by atoms with Gasteiger partial charge in [0.05, 0.1) is 10.6 Å². The number of fused-ring (bicyclic) bond motifs is 1. The molecule has 2 rings (SSSR count). The van der Waals surface area contributed by atoms with E-state index in [2.05, 4.69) is 4.98 Å². The van der Waals surface area contributed by atoms with E-state index in [1.807, 2.05) is 0 Å². The first kappa shape index (κ1) is 15.2. The van der Waals surface area contributed by atoms with Gasteiger partial charge >= 0.3 is 0 Å². The summed E-state index contributed by atoms with van der Waals surface area (Å²) in [6, 6.07) is 5.21. The summed E-state index contributed by atoms with van der Waals surface area (Å²) in [5.74, 6) is -0.274. The van der Waals surface area contributed by atoms with Crippen molar-refractivity contribution in [1.82, 2.24) is 9.88 Å². The van der Waals surface area contributed by atoms with Crippen LogP contribution in [-0.2, 0) is 0 Å². The second kappa shape index (κ2) is 5.28. The van der Waals surface area contributed by atoms with Gasteiger partial charge in [-0.25, -0.2) is 0 Å². The van der Waals surface area contributed by atoms with E-state index in [4.69, 9.17) is 23.2 Å². The van der Waals surface area contributed by atoms with Gasteiger partial charge in [-0.15, -0.1) is 0 Å². The van der Waals surface area contributed by atoms with E-state index in [9.17, 15) is 9.90 Å². The minimum absolute atomic E-state index is 0.207. The van der Waals surface area contributed by atoms with Crippen LogP contribution in [0.25, 0.3) is 10.9 Å². The SMILES string of the molecule is CN(CC(C)(C)O)C(=O)c1[nH]c2ccc(Cl)cc2c1Cl. The number of H-pyrrole nitrogens is 1. The summed E-state index contributed by atoms with van der Waals surface area (Å²) in [6.07, 6.45) is 0. The fourth-order valence-corrected chi connectivity index (χ4v) is 2.58. The Balaban J connectivity index is 2.38. The smallest absolute Gasteiger partial charge is 0.271 e.